The van der Waals surface area contributed by atoms with Crippen molar-refractivity contribution in [2.24, 2.45) is 5.73 Å². The normalized spacial score (nSPS) is 10.4. The molecule has 0 heterocycles. The summed E-state index contributed by atoms with van der Waals surface area (Å²) in [6.07, 6.45) is 0. The molecule has 0 aliphatic rings. The molecule has 3 amide bonds. The Morgan fingerprint density at radius 2 is 1.88 bits per heavy atom. The molecule has 0 atom stereocenters. The lowest BCUT2D eigenvalue weighted by atomic mass is 10.2. The summed E-state index contributed by atoms with van der Waals surface area (Å²) in [6.45, 7) is 3.70. The molecule has 0 saturated carbocycles. The fraction of sp³-hybridized carbons (Fsp3) is 0.222. The Kier molecular flexibility index (Phi) is 5.94. The molecule has 0 aliphatic carbocycles. The van der Waals surface area contributed by atoms with Crippen LogP contribution in [0.4, 0.5) is 9.18 Å². The van der Waals surface area contributed by atoms with Gasteiger partial charge in [0.2, 0.25) is 0 Å². The second kappa shape index (κ2) is 8.14. The van der Waals surface area contributed by atoms with E-state index in [2.05, 4.69) is 5.43 Å². The quantitative estimate of drug-likeness (QED) is 0.817. The van der Waals surface area contributed by atoms with Crippen molar-refractivity contribution in [3.05, 3.63) is 65.5 Å². The van der Waals surface area contributed by atoms with Crippen molar-refractivity contribution in [3.8, 4) is 5.75 Å². The molecule has 2 aromatic rings. The van der Waals surface area contributed by atoms with Gasteiger partial charge in [0.15, 0.2) is 0 Å². The van der Waals surface area contributed by atoms with E-state index in [0.29, 0.717) is 11.3 Å². The first-order valence-corrected chi connectivity index (χ1v) is 7.74. The number of amides is 3. The molecule has 0 aromatic heterocycles. The fourth-order valence-corrected chi connectivity index (χ4v) is 2.09. The lowest BCUT2D eigenvalue weighted by Crippen LogP contribution is -2.52. The number of urea groups is 1. The molecule has 0 spiro atoms. The molecule has 2 rings (SSSR count). The van der Waals surface area contributed by atoms with Gasteiger partial charge in [-0.1, -0.05) is 18.2 Å². The van der Waals surface area contributed by atoms with Crippen LogP contribution in [0.2, 0.25) is 0 Å². The predicted molar refractivity (Wildman–Crippen MR) is 91.2 cm³/mol. The number of nitrogens with two attached hydrogens (primary N) is 1. The maximum Gasteiger partial charge on any atom is 0.333 e. The van der Waals surface area contributed by atoms with Gasteiger partial charge in [-0.15, -0.1) is 0 Å². The number of hydrogen-bond acceptors (Lipinski definition) is 3. The number of hydrogen-bond donors (Lipinski definition) is 2. The van der Waals surface area contributed by atoms with E-state index in [1.807, 2.05) is 0 Å². The zero-order valence-corrected chi connectivity index (χ0v) is 14.0. The number of halogens is 1. The average molecular weight is 345 g/mol. The van der Waals surface area contributed by atoms with Gasteiger partial charge in [-0.2, -0.15) is 0 Å². The second-order valence-electron chi connectivity index (χ2n) is 5.69. The molecule has 6 nitrogen and oxygen atoms in total. The van der Waals surface area contributed by atoms with E-state index in [1.54, 1.807) is 50.2 Å². The van der Waals surface area contributed by atoms with E-state index in [4.69, 9.17) is 10.5 Å². The number of rotatable bonds is 5. The van der Waals surface area contributed by atoms with Crippen LogP contribution in [0, 0.1) is 5.82 Å². The second-order valence-corrected chi connectivity index (χ2v) is 5.69. The lowest BCUT2D eigenvalue weighted by molar-refractivity contribution is 0.0795. The van der Waals surface area contributed by atoms with Crippen molar-refractivity contribution in [2.75, 3.05) is 0 Å². The van der Waals surface area contributed by atoms with E-state index in [1.165, 1.54) is 12.1 Å². The SMILES string of the molecule is CC(C)N(NC(=O)c1cccc(OCc2ccc(F)cc2)c1)C(N)=O. The van der Waals surface area contributed by atoms with Crippen molar-refractivity contribution in [1.29, 1.82) is 0 Å². The zero-order chi connectivity index (χ0) is 18.4. The van der Waals surface area contributed by atoms with Crippen LogP contribution in [0.5, 0.6) is 5.75 Å². The van der Waals surface area contributed by atoms with E-state index in [9.17, 15) is 14.0 Å². The van der Waals surface area contributed by atoms with Crippen LogP contribution in [0.3, 0.4) is 0 Å². The van der Waals surface area contributed by atoms with E-state index in [0.717, 1.165) is 10.6 Å². The smallest absolute Gasteiger partial charge is 0.333 e. The molecule has 0 unspecified atom stereocenters. The first kappa shape index (κ1) is 18.3. The molecule has 3 N–H and O–H groups in total. The molecule has 25 heavy (non-hydrogen) atoms. The first-order valence-electron chi connectivity index (χ1n) is 7.74. The molecule has 0 bridgehead atoms. The minimum absolute atomic E-state index is 0.241. The highest BCUT2D eigenvalue weighted by molar-refractivity contribution is 5.95. The average Bonchev–Trinajstić information content (AvgIpc) is 2.58. The number of benzene rings is 2. The summed E-state index contributed by atoms with van der Waals surface area (Å²) >= 11 is 0. The molecular formula is C18H20FN3O3. The molecule has 2 aromatic carbocycles. The Labute approximate surface area is 145 Å². The monoisotopic (exact) mass is 345 g/mol. The fourth-order valence-electron chi connectivity index (χ4n) is 2.09. The Bertz CT molecular complexity index is 747. The summed E-state index contributed by atoms with van der Waals surface area (Å²) in [4.78, 5) is 23.6. The van der Waals surface area contributed by atoms with Gasteiger partial charge in [0, 0.05) is 11.6 Å². The van der Waals surface area contributed by atoms with Crippen molar-refractivity contribution < 1.29 is 18.7 Å². The third kappa shape index (κ3) is 5.20. The van der Waals surface area contributed by atoms with Gasteiger partial charge >= 0.3 is 6.03 Å². The van der Waals surface area contributed by atoms with Crippen LogP contribution in [-0.4, -0.2) is 23.0 Å². The summed E-state index contributed by atoms with van der Waals surface area (Å²) in [6, 6.07) is 11.5. The maximum absolute atomic E-state index is 12.9. The zero-order valence-electron chi connectivity index (χ0n) is 14.0. The van der Waals surface area contributed by atoms with E-state index >= 15 is 0 Å². The molecule has 0 radical (unpaired) electrons. The summed E-state index contributed by atoms with van der Waals surface area (Å²) in [5.74, 6) is -0.307. The number of hydrazine groups is 1. The van der Waals surface area contributed by atoms with Crippen LogP contribution < -0.4 is 15.9 Å². The van der Waals surface area contributed by atoms with Crippen molar-refractivity contribution in [2.45, 2.75) is 26.5 Å². The molecule has 0 fully saturated rings. The van der Waals surface area contributed by atoms with Crippen molar-refractivity contribution in [3.63, 3.8) is 0 Å². The molecule has 7 heteroatoms. The van der Waals surface area contributed by atoms with E-state index in [-0.39, 0.29) is 18.5 Å². The van der Waals surface area contributed by atoms with Crippen LogP contribution in [0.1, 0.15) is 29.8 Å². The topological polar surface area (TPSA) is 84.7 Å². The number of carbonyl (C=O) groups excluding carboxylic acids is 2. The lowest BCUT2D eigenvalue weighted by Gasteiger charge is -2.24. The Morgan fingerprint density at radius 1 is 1.20 bits per heavy atom. The Morgan fingerprint density at radius 3 is 2.48 bits per heavy atom. The standard InChI is InChI=1S/C18H20FN3O3/c1-12(2)22(18(20)24)21-17(23)14-4-3-5-16(10-14)25-11-13-6-8-15(19)9-7-13/h3-10,12H,11H2,1-2H3,(H2,20,24)(H,21,23). The van der Waals surface area contributed by atoms with E-state index < -0.39 is 11.9 Å². The highest BCUT2D eigenvalue weighted by Crippen LogP contribution is 2.16. The summed E-state index contributed by atoms with van der Waals surface area (Å²) in [5, 5.41) is 1.05. The minimum atomic E-state index is -0.743. The van der Waals surface area contributed by atoms with Crippen LogP contribution in [-0.2, 0) is 6.61 Å². The number of carbonyl (C=O) groups is 2. The third-order valence-corrected chi connectivity index (χ3v) is 3.39. The van der Waals surface area contributed by atoms with Gasteiger partial charge in [0.1, 0.15) is 18.2 Å². The van der Waals surface area contributed by atoms with Gasteiger partial charge in [0.05, 0.1) is 0 Å². The molecular weight excluding hydrogens is 325 g/mol. The highest BCUT2D eigenvalue weighted by atomic mass is 19.1. The van der Waals surface area contributed by atoms with Gasteiger partial charge in [-0.3, -0.25) is 10.2 Å². The largest absolute Gasteiger partial charge is 0.489 e. The number of primary amides is 1. The summed E-state index contributed by atoms with van der Waals surface area (Å²) in [7, 11) is 0. The Balaban J connectivity index is 2.03. The van der Waals surface area contributed by atoms with Gasteiger partial charge < -0.3 is 10.5 Å². The number of nitrogens with one attached hydrogen (secondary N) is 1. The minimum Gasteiger partial charge on any atom is -0.489 e. The van der Waals surface area contributed by atoms with Crippen molar-refractivity contribution in [1.82, 2.24) is 10.4 Å². The summed E-state index contributed by atoms with van der Waals surface area (Å²) < 4.78 is 18.5. The molecule has 0 aliphatic heterocycles. The van der Waals surface area contributed by atoms with Crippen LogP contribution in [0.15, 0.2) is 48.5 Å². The van der Waals surface area contributed by atoms with Gasteiger partial charge in [-0.05, 0) is 49.7 Å². The molecule has 132 valence electrons. The predicted octanol–water partition coefficient (Wildman–Crippen LogP) is 2.84. The highest BCUT2D eigenvalue weighted by Gasteiger charge is 2.17. The third-order valence-electron chi connectivity index (χ3n) is 3.39. The maximum atomic E-state index is 12.9. The van der Waals surface area contributed by atoms with Crippen LogP contribution in [0.25, 0.3) is 0 Å². The Hall–Kier alpha value is -3.09. The van der Waals surface area contributed by atoms with Crippen molar-refractivity contribution >= 4 is 11.9 Å². The summed E-state index contributed by atoms with van der Waals surface area (Å²) in [5.41, 5.74) is 8.82. The number of nitrogens with zero attached hydrogens (tertiary/aromatic N) is 1. The van der Waals surface area contributed by atoms with Gasteiger partial charge in [-0.25, -0.2) is 14.2 Å². The molecule has 0 saturated heterocycles. The van der Waals surface area contributed by atoms with Gasteiger partial charge in [0.25, 0.3) is 5.91 Å². The number of ether oxygens (including phenoxy) is 1. The van der Waals surface area contributed by atoms with Crippen LogP contribution >= 0.6 is 0 Å². The first-order chi connectivity index (χ1) is 11.9.